The van der Waals surface area contributed by atoms with Gasteiger partial charge < -0.3 is 16.0 Å². The van der Waals surface area contributed by atoms with Crippen molar-refractivity contribution in [2.24, 2.45) is 11.7 Å². The van der Waals surface area contributed by atoms with E-state index < -0.39 is 5.54 Å². The minimum absolute atomic E-state index is 0.254. The highest BCUT2D eigenvalue weighted by Crippen LogP contribution is 2.28. The highest BCUT2D eigenvalue weighted by atomic mass is 16.1. The normalized spacial score (nSPS) is 18.8. The topological polar surface area (TPSA) is 58.4 Å². The average molecular weight is 269 g/mol. The van der Waals surface area contributed by atoms with Gasteiger partial charge in [-0.25, -0.2) is 0 Å². The Labute approximate surface area is 118 Å². The van der Waals surface area contributed by atoms with E-state index in [0.29, 0.717) is 0 Å². The van der Waals surface area contributed by atoms with Crippen molar-refractivity contribution < 1.29 is 4.79 Å². The summed E-state index contributed by atoms with van der Waals surface area (Å²) in [6.45, 7) is 8.72. The fourth-order valence-corrected chi connectivity index (χ4v) is 2.35. The number of hydrogen-bond donors (Lipinski definition) is 2. The largest absolute Gasteiger partial charge is 0.368 e. The van der Waals surface area contributed by atoms with Gasteiger partial charge in [0.25, 0.3) is 0 Å². The summed E-state index contributed by atoms with van der Waals surface area (Å²) in [6.07, 6.45) is 5.78. The highest BCUT2D eigenvalue weighted by molar-refractivity contribution is 5.84. The van der Waals surface area contributed by atoms with Crippen LogP contribution in [0.3, 0.4) is 0 Å². The molecule has 1 rings (SSSR count). The molecule has 112 valence electrons. The lowest BCUT2D eigenvalue weighted by Gasteiger charge is -2.28. The van der Waals surface area contributed by atoms with Crippen LogP contribution in [-0.2, 0) is 4.79 Å². The Bertz CT molecular complexity index is 289. The molecule has 1 unspecified atom stereocenters. The highest BCUT2D eigenvalue weighted by Gasteiger charge is 2.31. The Morgan fingerprint density at radius 1 is 1.42 bits per heavy atom. The molecule has 1 saturated carbocycles. The summed E-state index contributed by atoms with van der Waals surface area (Å²) in [6, 6.07) is 0.799. The molecule has 0 aliphatic heterocycles. The van der Waals surface area contributed by atoms with Crippen molar-refractivity contribution in [3.05, 3.63) is 0 Å². The summed E-state index contributed by atoms with van der Waals surface area (Å²) in [5.41, 5.74) is 4.89. The number of carbonyl (C=O) groups excluding carboxylic acids is 1. The molecule has 0 aromatic rings. The number of nitrogens with two attached hydrogens (primary N) is 1. The number of carbonyl (C=O) groups is 1. The second kappa shape index (κ2) is 7.25. The first-order valence-corrected chi connectivity index (χ1v) is 7.62. The Morgan fingerprint density at radius 2 is 2.05 bits per heavy atom. The Hall–Kier alpha value is -0.610. The smallest absolute Gasteiger partial charge is 0.237 e. The van der Waals surface area contributed by atoms with Gasteiger partial charge in [0.05, 0.1) is 5.54 Å². The van der Waals surface area contributed by atoms with E-state index in [2.05, 4.69) is 24.1 Å². The second-order valence-electron chi connectivity index (χ2n) is 6.50. The molecule has 0 saturated heterocycles. The molecular weight excluding hydrogens is 238 g/mol. The van der Waals surface area contributed by atoms with Gasteiger partial charge in [-0.15, -0.1) is 0 Å². The molecular formula is C15H31N3O. The van der Waals surface area contributed by atoms with Gasteiger partial charge in [0.1, 0.15) is 0 Å². The minimum Gasteiger partial charge on any atom is -0.368 e. The first-order chi connectivity index (χ1) is 8.89. The van der Waals surface area contributed by atoms with Crippen LogP contribution in [0.5, 0.6) is 0 Å². The summed E-state index contributed by atoms with van der Waals surface area (Å²) in [5.74, 6) is 0.504. The van der Waals surface area contributed by atoms with Crippen molar-refractivity contribution >= 4 is 5.91 Å². The van der Waals surface area contributed by atoms with Gasteiger partial charge in [0.2, 0.25) is 5.91 Å². The lowest BCUT2D eigenvalue weighted by atomic mass is 9.95. The molecule has 19 heavy (non-hydrogen) atoms. The predicted octanol–water partition coefficient (Wildman–Crippen LogP) is 1.74. The third kappa shape index (κ3) is 5.49. The molecule has 1 fully saturated rings. The van der Waals surface area contributed by atoms with Crippen LogP contribution in [0.2, 0.25) is 0 Å². The van der Waals surface area contributed by atoms with Gasteiger partial charge in [0.15, 0.2) is 0 Å². The molecule has 4 nitrogen and oxygen atoms in total. The lowest BCUT2D eigenvalue weighted by molar-refractivity contribution is -0.123. The predicted molar refractivity (Wildman–Crippen MR) is 79.9 cm³/mol. The van der Waals surface area contributed by atoms with Crippen molar-refractivity contribution in [3.8, 4) is 0 Å². The number of likely N-dealkylation sites (N-methyl/N-ethyl adjacent to an activating group) is 1. The Morgan fingerprint density at radius 3 is 2.47 bits per heavy atom. The summed E-state index contributed by atoms with van der Waals surface area (Å²) < 4.78 is 0. The van der Waals surface area contributed by atoms with Crippen LogP contribution in [0.15, 0.2) is 0 Å². The van der Waals surface area contributed by atoms with Gasteiger partial charge in [0, 0.05) is 6.04 Å². The number of nitrogens with zero attached hydrogens (tertiary/aromatic N) is 1. The van der Waals surface area contributed by atoms with Gasteiger partial charge in [-0.2, -0.15) is 0 Å². The van der Waals surface area contributed by atoms with E-state index in [0.717, 1.165) is 31.3 Å². The number of primary amides is 1. The fourth-order valence-electron chi connectivity index (χ4n) is 2.35. The molecule has 1 aliphatic carbocycles. The van der Waals surface area contributed by atoms with Crippen molar-refractivity contribution in [2.45, 2.75) is 64.5 Å². The molecule has 0 aromatic carbocycles. The SMILES string of the molecule is CNC(C)(CCCN(CCC(C)C)C1CC1)C(N)=O. The summed E-state index contributed by atoms with van der Waals surface area (Å²) in [4.78, 5) is 14.0. The number of nitrogens with one attached hydrogen (secondary N) is 1. The fraction of sp³-hybridized carbons (Fsp3) is 0.933. The molecule has 0 heterocycles. The molecule has 0 radical (unpaired) electrons. The van der Waals surface area contributed by atoms with Gasteiger partial charge in [-0.3, -0.25) is 4.79 Å². The van der Waals surface area contributed by atoms with E-state index in [1.807, 2.05) is 14.0 Å². The third-order valence-corrected chi connectivity index (χ3v) is 4.27. The molecule has 4 heteroatoms. The number of hydrogen-bond acceptors (Lipinski definition) is 3. The minimum atomic E-state index is -0.562. The van der Waals surface area contributed by atoms with Crippen LogP contribution in [0.1, 0.15) is 52.9 Å². The molecule has 0 aromatic heterocycles. The van der Waals surface area contributed by atoms with Crippen molar-refractivity contribution in [3.63, 3.8) is 0 Å². The van der Waals surface area contributed by atoms with E-state index in [9.17, 15) is 4.79 Å². The van der Waals surface area contributed by atoms with Crippen LogP contribution < -0.4 is 11.1 Å². The van der Waals surface area contributed by atoms with Gasteiger partial charge in [-0.05, 0) is 65.1 Å². The average Bonchev–Trinajstić information content (AvgIpc) is 3.16. The Balaban J connectivity index is 2.33. The van der Waals surface area contributed by atoms with Crippen LogP contribution in [0.25, 0.3) is 0 Å². The first kappa shape index (κ1) is 16.4. The third-order valence-electron chi connectivity index (χ3n) is 4.27. The molecule has 1 amide bonds. The molecule has 1 atom stereocenters. The standard InChI is InChI=1S/C15H31N3O/c1-12(2)8-11-18(13-6-7-13)10-5-9-15(3,17-4)14(16)19/h12-13,17H,5-11H2,1-4H3,(H2,16,19). The van der Waals surface area contributed by atoms with E-state index in [-0.39, 0.29) is 5.91 Å². The van der Waals surface area contributed by atoms with E-state index >= 15 is 0 Å². The van der Waals surface area contributed by atoms with E-state index in [4.69, 9.17) is 5.73 Å². The zero-order valence-corrected chi connectivity index (χ0v) is 13.0. The van der Waals surface area contributed by atoms with Crippen LogP contribution >= 0.6 is 0 Å². The Kier molecular flexibility index (Phi) is 6.27. The zero-order chi connectivity index (χ0) is 14.5. The summed E-state index contributed by atoms with van der Waals surface area (Å²) in [7, 11) is 1.81. The van der Waals surface area contributed by atoms with Crippen LogP contribution in [0, 0.1) is 5.92 Å². The summed E-state index contributed by atoms with van der Waals surface area (Å²) >= 11 is 0. The lowest BCUT2D eigenvalue weighted by Crippen LogP contribution is -2.51. The van der Waals surface area contributed by atoms with E-state index in [1.54, 1.807) is 0 Å². The molecule has 0 bridgehead atoms. The molecule has 1 aliphatic rings. The number of amides is 1. The maximum absolute atomic E-state index is 11.4. The number of rotatable bonds is 10. The van der Waals surface area contributed by atoms with Crippen molar-refractivity contribution in [2.75, 3.05) is 20.1 Å². The second-order valence-corrected chi connectivity index (χ2v) is 6.50. The first-order valence-electron chi connectivity index (χ1n) is 7.62. The van der Waals surface area contributed by atoms with Gasteiger partial charge >= 0.3 is 0 Å². The maximum atomic E-state index is 11.4. The maximum Gasteiger partial charge on any atom is 0.237 e. The van der Waals surface area contributed by atoms with Crippen molar-refractivity contribution in [1.29, 1.82) is 0 Å². The van der Waals surface area contributed by atoms with Gasteiger partial charge in [-0.1, -0.05) is 13.8 Å². The van der Waals surface area contributed by atoms with E-state index in [1.165, 1.54) is 25.8 Å². The van der Waals surface area contributed by atoms with Crippen LogP contribution in [-0.4, -0.2) is 42.5 Å². The molecule has 0 spiro atoms. The summed E-state index contributed by atoms with van der Waals surface area (Å²) in [5, 5.41) is 3.05. The zero-order valence-electron chi connectivity index (χ0n) is 13.0. The quantitative estimate of drug-likeness (QED) is 0.635. The van der Waals surface area contributed by atoms with Crippen LogP contribution in [0.4, 0.5) is 0 Å². The monoisotopic (exact) mass is 269 g/mol. The van der Waals surface area contributed by atoms with Crippen molar-refractivity contribution in [1.82, 2.24) is 10.2 Å². The molecule has 3 N–H and O–H groups in total.